The second-order valence-electron chi connectivity index (χ2n) is 8.44. The molecule has 0 radical (unpaired) electrons. The van der Waals surface area contributed by atoms with Crippen LogP contribution in [-0.4, -0.2) is 21.4 Å². The molecular weight excluding hydrogens is 491 g/mol. The van der Waals surface area contributed by atoms with Crippen molar-refractivity contribution < 1.29 is 22.3 Å². The third-order valence-corrected chi connectivity index (χ3v) is 7.73. The fourth-order valence-corrected chi connectivity index (χ4v) is 5.39. The molecule has 37 heavy (non-hydrogen) atoms. The summed E-state index contributed by atoms with van der Waals surface area (Å²) >= 11 is 0. The lowest BCUT2D eigenvalue weighted by Crippen LogP contribution is -2.34. The Hall–Kier alpha value is -4.17. The number of hydrogen-bond acceptors (Lipinski definition) is 4. The van der Waals surface area contributed by atoms with Crippen LogP contribution in [0.4, 0.5) is 10.1 Å². The van der Waals surface area contributed by atoms with Crippen molar-refractivity contribution in [3.05, 3.63) is 126 Å². The molecule has 0 unspecified atom stereocenters. The second kappa shape index (κ2) is 11.3. The van der Waals surface area contributed by atoms with Gasteiger partial charge in [-0.05, 0) is 66.6 Å². The molecule has 0 saturated carbocycles. The summed E-state index contributed by atoms with van der Waals surface area (Å²) < 4.78 is 47.6. The van der Waals surface area contributed by atoms with Crippen molar-refractivity contribution in [2.75, 3.05) is 11.4 Å². The number of sulfonamides is 1. The van der Waals surface area contributed by atoms with Crippen LogP contribution in [0.2, 0.25) is 0 Å². The Morgan fingerprint density at radius 3 is 2.16 bits per heavy atom. The SMILES string of the molecule is COc1ccc(S(=O)(=O)N(Cc2ccccc2)c2ccccc2C(=O)N[C@@H](C)c2ccc(F)cc2)cc1. The number of nitrogens with one attached hydrogen (secondary N) is 1. The van der Waals surface area contributed by atoms with Gasteiger partial charge in [-0.25, -0.2) is 12.8 Å². The molecule has 1 atom stereocenters. The fourth-order valence-electron chi connectivity index (χ4n) is 3.92. The third-order valence-electron chi connectivity index (χ3n) is 5.95. The number of methoxy groups -OCH3 is 1. The fraction of sp³-hybridized carbons (Fsp3) is 0.138. The van der Waals surface area contributed by atoms with Gasteiger partial charge >= 0.3 is 0 Å². The van der Waals surface area contributed by atoms with Crippen molar-refractivity contribution in [3.8, 4) is 5.75 Å². The summed E-state index contributed by atoms with van der Waals surface area (Å²) in [6.45, 7) is 1.80. The first-order valence-corrected chi connectivity index (χ1v) is 13.1. The van der Waals surface area contributed by atoms with E-state index in [0.717, 1.165) is 11.1 Å². The Kier molecular flexibility index (Phi) is 7.89. The summed E-state index contributed by atoms with van der Waals surface area (Å²) in [5.41, 5.74) is 1.92. The van der Waals surface area contributed by atoms with Crippen molar-refractivity contribution in [1.82, 2.24) is 5.32 Å². The predicted molar refractivity (Wildman–Crippen MR) is 142 cm³/mol. The van der Waals surface area contributed by atoms with Crippen LogP contribution >= 0.6 is 0 Å². The maximum absolute atomic E-state index is 13.9. The minimum atomic E-state index is -4.06. The Labute approximate surface area is 216 Å². The molecule has 4 aromatic carbocycles. The van der Waals surface area contributed by atoms with Crippen molar-refractivity contribution >= 4 is 21.6 Å². The van der Waals surface area contributed by atoms with Crippen LogP contribution < -0.4 is 14.4 Å². The molecule has 0 aliphatic carbocycles. The molecule has 0 saturated heterocycles. The van der Waals surface area contributed by atoms with E-state index >= 15 is 0 Å². The normalized spacial score (nSPS) is 12.0. The lowest BCUT2D eigenvalue weighted by Gasteiger charge is -2.27. The number of amides is 1. The van der Waals surface area contributed by atoms with Crippen LogP contribution in [0.1, 0.15) is 34.5 Å². The molecule has 0 fully saturated rings. The average molecular weight is 519 g/mol. The summed E-state index contributed by atoms with van der Waals surface area (Å²) in [4.78, 5) is 13.5. The van der Waals surface area contributed by atoms with Crippen molar-refractivity contribution in [2.45, 2.75) is 24.4 Å². The molecule has 190 valence electrons. The van der Waals surface area contributed by atoms with E-state index in [-0.39, 0.29) is 28.5 Å². The number of ether oxygens (including phenoxy) is 1. The lowest BCUT2D eigenvalue weighted by molar-refractivity contribution is 0.0940. The van der Waals surface area contributed by atoms with Gasteiger partial charge < -0.3 is 10.1 Å². The van der Waals surface area contributed by atoms with Gasteiger partial charge in [-0.1, -0.05) is 54.6 Å². The third kappa shape index (κ3) is 5.98. The number of para-hydroxylation sites is 1. The maximum Gasteiger partial charge on any atom is 0.264 e. The molecule has 1 amide bonds. The van der Waals surface area contributed by atoms with E-state index in [1.54, 1.807) is 55.5 Å². The number of nitrogens with zero attached hydrogens (tertiary/aromatic N) is 1. The number of carbonyl (C=O) groups is 1. The minimum absolute atomic E-state index is 0.0208. The van der Waals surface area contributed by atoms with Gasteiger partial charge in [-0.3, -0.25) is 9.10 Å². The summed E-state index contributed by atoms with van der Waals surface area (Å²) in [6, 6.07) is 27.3. The van der Waals surface area contributed by atoms with Crippen molar-refractivity contribution in [3.63, 3.8) is 0 Å². The highest BCUT2D eigenvalue weighted by molar-refractivity contribution is 7.92. The highest BCUT2D eigenvalue weighted by Crippen LogP contribution is 2.30. The Balaban J connectivity index is 1.73. The Bertz CT molecular complexity index is 1460. The highest BCUT2D eigenvalue weighted by Gasteiger charge is 2.29. The number of anilines is 1. The molecule has 0 aromatic heterocycles. The first kappa shape index (κ1) is 25.9. The van der Waals surface area contributed by atoms with Gasteiger partial charge in [-0.2, -0.15) is 0 Å². The van der Waals surface area contributed by atoms with E-state index in [1.807, 2.05) is 30.3 Å². The molecular formula is C29H27FN2O4S. The van der Waals surface area contributed by atoms with Gasteiger partial charge in [0.25, 0.3) is 15.9 Å². The van der Waals surface area contributed by atoms with Crippen LogP contribution in [0.5, 0.6) is 5.75 Å². The molecule has 0 aliphatic heterocycles. The summed E-state index contributed by atoms with van der Waals surface area (Å²) in [5.74, 6) is -0.286. The first-order chi connectivity index (χ1) is 17.8. The van der Waals surface area contributed by atoms with Crippen LogP contribution in [0, 0.1) is 5.82 Å². The molecule has 0 spiro atoms. The first-order valence-electron chi connectivity index (χ1n) is 11.7. The molecule has 0 heterocycles. The van der Waals surface area contributed by atoms with Gasteiger partial charge in [0.2, 0.25) is 0 Å². The van der Waals surface area contributed by atoms with Gasteiger partial charge in [0.05, 0.1) is 35.8 Å². The lowest BCUT2D eigenvalue weighted by atomic mass is 10.1. The predicted octanol–water partition coefficient (Wildman–Crippen LogP) is 5.72. The molecule has 0 bridgehead atoms. The van der Waals surface area contributed by atoms with E-state index in [9.17, 15) is 17.6 Å². The highest BCUT2D eigenvalue weighted by atomic mass is 32.2. The van der Waals surface area contributed by atoms with Crippen LogP contribution in [-0.2, 0) is 16.6 Å². The number of carbonyl (C=O) groups excluding carboxylic acids is 1. The standard InChI is InChI=1S/C29H27FN2O4S/c1-21(23-12-14-24(30)15-13-23)31-29(33)27-10-6-7-11-28(27)32(20-22-8-4-3-5-9-22)37(34,35)26-18-16-25(36-2)17-19-26/h3-19,21H,20H2,1-2H3,(H,31,33)/t21-/m0/s1. The molecule has 4 rings (SSSR count). The van der Waals surface area contributed by atoms with Crippen LogP contribution in [0.15, 0.2) is 108 Å². The summed E-state index contributed by atoms with van der Waals surface area (Å²) in [5, 5.41) is 2.90. The number of rotatable bonds is 9. The average Bonchev–Trinajstić information content (AvgIpc) is 2.92. The minimum Gasteiger partial charge on any atom is -0.497 e. The number of halogens is 1. The zero-order valence-corrected chi connectivity index (χ0v) is 21.3. The second-order valence-corrected chi connectivity index (χ2v) is 10.3. The quantitative estimate of drug-likeness (QED) is 0.308. The van der Waals surface area contributed by atoms with E-state index < -0.39 is 22.0 Å². The molecule has 8 heteroatoms. The Morgan fingerprint density at radius 1 is 0.892 bits per heavy atom. The molecule has 6 nitrogen and oxygen atoms in total. The van der Waals surface area contributed by atoms with E-state index in [2.05, 4.69) is 5.32 Å². The van der Waals surface area contributed by atoms with E-state index in [1.165, 1.54) is 35.7 Å². The zero-order chi connectivity index (χ0) is 26.4. The largest absolute Gasteiger partial charge is 0.497 e. The van der Waals surface area contributed by atoms with Crippen LogP contribution in [0.25, 0.3) is 0 Å². The Morgan fingerprint density at radius 2 is 1.51 bits per heavy atom. The van der Waals surface area contributed by atoms with Gasteiger partial charge in [-0.15, -0.1) is 0 Å². The maximum atomic E-state index is 13.9. The van der Waals surface area contributed by atoms with Crippen molar-refractivity contribution in [1.29, 1.82) is 0 Å². The van der Waals surface area contributed by atoms with Gasteiger partial charge in [0, 0.05) is 0 Å². The molecule has 0 aliphatic rings. The summed E-state index contributed by atoms with van der Waals surface area (Å²) in [6.07, 6.45) is 0. The molecule has 1 N–H and O–H groups in total. The topological polar surface area (TPSA) is 75.7 Å². The monoisotopic (exact) mass is 518 g/mol. The molecule has 4 aromatic rings. The van der Waals surface area contributed by atoms with Gasteiger partial charge in [0.1, 0.15) is 11.6 Å². The van der Waals surface area contributed by atoms with E-state index in [4.69, 9.17) is 4.74 Å². The van der Waals surface area contributed by atoms with Gasteiger partial charge in [0.15, 0.2) is 0 Å². The summed E-state index contributed by atoms with van der Waals surface area (Å²) in [7, 11) is -2.56. The van der Waals surface area contributed by atoms with E-state index in [0.29, 0.717) is 5.75 Å². The zero-order valence-electron chi connectivity index (χ0n) is 20.5. The number of benzene rings is 4. The van der Waals surface area contributed by atoms with Crippen LogP contribution in [0.3, 0.4) is 0 Å². The number of hydrogen-bond donors (Lipinski definition) is 1. The van der Waals surface area contributed by atoms with Crippen molar-refractivity contribution in [2.24, 2.45) is 0 Å². The smallest absolute Gasteiger partial charge is 0.264 e.